The van der Waals surface area contributed by atoms with Crippen molar-refractivity contribution in [3.05, 3.63) is 46.4 Å². The van der Waals surface area contributed by atoms with E-state index in [1.807, 2.05) is 43.5 Å². The summed E-state index contributed by atoms with van der Waals surface area (Å²) in [6, 6.07) is 4.52. The van der Waals surface area contributed by atoms with Crippen molar-refractivity contribution in [3.8, 4) is 22.2 Å². The number of amides is 2. The number of benzene rings is 1. The lowest BCUT2D eigenvalue weighted by Crippen LogP contribution is -2.54. The Hall–Kier alpha value is -3.70. The van der Waals surface area contributed by atoms with Crippen LogP contribution in [0.2, 0.25) is 5.02 Å². The molecule has 1 saturated heterocycles. The van der Waals surface area contributed by atoms with Crippen molar-refractivity contribution in [3.63, 3.8) is 0 Å². The van der Waals surface area contributed by atoms with Gasteiger partial charge < -0.3 is 24.8 Å². The molecule has 4 atom stereocenters. The Morgan fingerprint density at radius 2 is 1.96 bits per heavy atom. The number of pyridine rings is 1. The zero-order valence-corrected chi connectivity index (χ0v) is 29.6. The lowest BCUT2D eigenvalue weighted by molar-refractivity contribution is -0.148. The van der Waals surface area contributed by atoms with Crippen molar-refractivity contribution in [1.82, 2.24) is 20.2 Å². The number of hydrogen-bond donors (Lipinski definition) is 2. The molecule has 6 rings (SSSR count). The number of methoxy groups -OCH3 is 1. The number of nitrogens with zero attached hydrogens (tertiary/aromatic N) is 3. The first-order chi connectivity index (χ1) is 22.8. The Kier molecular flexibility index (Phi) is 9.47. The highest BCUT2D eigenvalue weighted by molar-refractivity contribution is 7.13. The van der Waals surface area contributed by atoms with E-state index in [1.165, 1.54) is 11.3 Å². The molecule has 12 heteroatoms. The van der Waals surface area contributed by atoms with Crippen molar-refractivity contribution >= 4 is 51.6 Å². The van der Waals surface area contributed by atoms with Crippen LogP contribution in [0.5, 0.6) is 11.5 Å². The molecule has 10 nitrogen and oxygen atoms in total. The van der Waals surface area contributed by atoms with Crippen LogP contribution in [0.3, 0.4) is 0 Å². The first kappa shape index (κ1) is 34.2. The maximum atomic E-state index is 14.2. The van der Waals surface area contributed by atoms with E-state index in [0.717, 1.165) is 31.4 Å². The minimum absolute atomic E-state index is 0.143. The summed E-state index contributed by atoms with van der Waals surface area (Å²) in [5, 5.41) is 16.7. The van der Waals surface area contributed by atoms with Crippen LogP contribution in [0, 0.1) is 11.3 Å². The van der Waals surface area contributed by atoms with Crippen LogP contribution in [-0.4, -0.2) is 69.1 Å². The van der Waals surface area contributed by atoms with Gasteiger partial charge in [0.15, 0.2) is 0 Å². The van der Waals surface area contributed by atoms with Gasteiger partial charge in [-0.1, -0.05) is 64.3 Å². The number of halogens is 1. The van der Waals surface area contributed by atoms with Crippen molar-refractivity contribution in [2.24, 2.45) is 11.3 Å². The van der Waals surface area contributed by atoms with Gasteiger partial charge in [0.05, 0.1) is 24.9 Å². The molecule has 1 aliphatic carbocycles. The van der Waals surface area contributed by atoms with E-state index in [-0.39, 0.29) is 30.7 Å². The van der Waals surface area contributed by atoms with E-state index in [9.17, 15) is 19.5 Å². The molecule has 2 fully saturated rings. The van der Waals surface area contributed by atoms with E-state index in [2.05, 4.69) is 19.2 Å². The number of aromatic nitrogens is 2. The van der Waals surface area contributed by atoms with Gasteiger partial charge in [0, 0.05) is 34.6 Å². The molecular weight excluding hydrogens is 652 g/mol. The van der Waals surface area contributed by atoms with E-state index in [1.54, 1.807) is 18.1 Å². The fraction of sp³-hybridized carbons (Fsp3) is 0.528. The third-order valence-electron chi connectivity index (χ3n) is 9.88. The second-order valence-corrected chi connectivity index (χ2v) is 15.4. The molecule has 4 unspecified atom stereocenters. The van der Waals surface area contributed by atoms with Crippen LogP contribution in [0.4, 0.5) is 0 Å². The number of carbonyl (C=O) groups excluding carboxylic acids is 2. The summed E-state index contributed by atoms with van der Waals surface area (Å²) in [5.41, 5.74) is -0.0513. The average molecular weight is 695 g/mol. The molecule has 256 valence electrons. The topological polar surface area (TPSA) is 131 Å². The molecule has 0 radical (unpaired) electrons. The standard InChI is InChI=1S/C36H43ClN4O6S/c1-20(2)25-19-48-32(39-25)24-16-28(23-12-13-27(46-5)29(37)30(23)38-24)47-22-15-26-31(42)40-36(34(44)45)17-21(36)11-9-7-6-8-10-14-35(3,4)33(43)41(26)18-22/h9,11-13,16,19-22,26H,6-8,10,14-15,17-18H2,1-5H3,(H,40,42)(H,44,45)/b11-9-. The Morgan fingerprint density at radius 3 is 2.67 bits per heavy atom. The van der Waals surface area contributed by atoms with Gasteiger partial charge in [-0.15, -0.1) is 11.3 Å². The quantitative estimate of drug-likeness (QED) is 0.264. The summed E-state index contributed by atoms with van der Waals surface area (Å²) in [6.07, 6.45) is 8.22. The Balaban J connectivity index is 1.36. The molecule has 0 bridgehead atoms. The van der Waals surface area contributed by atoms with Crippen LogP contribution >= 0.6 is 22.9 Å². The third-order valence-corrected chi connectivity index (χ3v) is 11.1. The van der Waals surface area contributed by atoms with Gasteiger partial charge in [-0.3, -0.25) is 9.59 Å². The number of carboxylic acids is 1. The van der Waals surface area contributed by atoms with Crippen LogP contribution < -0.4 is 14.8 Å². The maximum absolute atomic E-state index is 14.2. The molecule has 3 aromatic rings. The first-order valence-electron chi connectivity index (χ1n) is 16.7. The number of thiazole rings is 1. The van der Waals surface area contributed by atoms with Gasteiger partial charge in [0.1, 0.15) is 44.9 Å². The number of carbonyl (C=O) groups is 3. The molecule has 1 aromatic carbocycles. The highest BCUT2D eigenvalue weighted by atomic mass is 35.5. The fourth-order valence-electron chi connectivity index (χ4n) is 6.81. The average Bonchev–Trinajstić information content (AvgIpc) is 3.36. The summed E-state index contributed by atoms with van der Waals surface area (Å²) in [7, 11) is 1.54. The molecule has 3 aliphatic rings. The summed E-state index contributed by atoms with van der Waals surface area (Å²) in [6.45, 7) is 8.17. The third kappa shape index (κ3) is 6.51. The monoisotopic (exact) mass is 694 g/mol. The maximum Gasteiger partial charge on any atom is 0.330 e. The smallest absolute Gasteiger partial charge is 0.330 e. The molecule has 48 heavy (non-hydrogen) atoms. The highest BCUT2D eigenvalue weighted by Gasteiger charge is 2.61. The molecule has 1 saturated carbocycles. The number of nitrogens with one attached hydrogen (secondary N) is 1. The summed E-state index contributed by atoms with van der Waals surface area (Å²) < 4.78 is 12.2. The SMILES string of the molecule is COc1ccc2c(OC3CC4C(=O)NC5(C(=O)O)CC5/C=C\CCCCCC(C)(C)C(=O)N4C3)cc(-c3nc(C(C)C)cs3)nc2c1Cl. The Morgan fingerprint density at radius 1 is 1.17 bits per heavy atom. The van der Waals surface area contributed by atoms with Crippen LogP contribution in [0.25, 0.3) is 21.6 Å². The molecule has 4 heterocycles. The van der Waals surface area contributed by atoms with Crippen molar-refractivity contribution < 1.29 is 29.0 Å². The Labute approximate surface area is 289 Å². The fourth-order valence-corrected chi connectivity index (χ4v) is 8.03. The van der Waals surface area contributed by atoms with E-state index in [0.29, 0.717) is 51.0 Å². The van der Waals surface area contributed by atoms with E-state index in [4.69, 9.17) is 31.0 Å². The normalized spacial score (nSPS) is 26.6. The molecular formula is C36H43ClN4O6S. The zero-order chi connectivity index (χ0) is 34.4. The predicted molar refractivity (Wildman–Crippen MR) is 186 cm³/mol. The van der Waals surface area contributed by atoms with Gasteiger partial charge in [-0.25, -0.2) is 14.8 Å². The van der Waals surface area contributed by atoms with Crippen molar-refractivity contribution in [2.75, 3.05) is 13.7 Å². The summed E-state index contributed by atoms with van der Waals surface area (Å²) >= 11 is 8.26. The number of allylic oxidation sites excluding steroid dienone is 1. The predicted octanol–water partition coefficient (Wildman–Crippen LogP) is 7.00. The zero-order valence-electron chi connectivity index (χ0n) is 28.0. The van der Waals surface area contributed by atoms with Gasteiger partial charge in [-0.05, 0) is 43.7 Å². The lowest BCUT2D eigenvalue weighted by atomic mass is 9.85. The van der Waals surface area contributed by atoms with Gasteiger partial charge in [-0.2, -0.15) is 0 Å². The number of hydrogen-bond acceptors (Lipinski definition) is 8. The van der Waals surface area contributed by atoms with Gasteiger partial charge in [0.25, 0.3) is 0 Å². The summed E-state index contributed by atoms with van der Waals surface area (Å²) in [4.78, 5) is 51.8. The van der Waals surface area contributed by atoms with Crippen molar-refractivity contribution in [1.29, 1.82) is 0 Å². The molecule has 2 aromatic heterocycles. The summed E-state index contributed by atoms with van der Waals surface area (Å²) in [5.74, 6) is -0.762. The molecule has 0 spiro atoms. The number of rotatable bonds is 6. The van der Waals surface area contributed by atoms with Gasteiger partial charge >= 0.3 is 5.97 Å². The second kappa shape index (κ2) is 13.3. The minimum atomic E-state index is -1.37. The second-order valence-electron chi connectivity index (χ2n) is 14.2. The molecule has 2 aliphatic heterocycles. The van der Waals surface area contributed by atoms with E-state index >= 15 is 0 Å². The minimum Gasteiger partial charge on any atom is -0.495 e. The Bertz CT molecular complexity index is 1770. The van der Waals surface area contributed by atoms with Crippen LogP contribution in [-0.2, 0) is 14.4 Å². The van der Waals surface area contributed by atoms with Crippen molar-refractivity contribution in [2.45, 2.75) is 96.2 Å². The first-order valence-corrected chi connectivity index (χ1v) is 17.9. The number of fused-ring (bicyclic) bond motifs is 3. The van der Waals surface area contributed by atoms with Crippen LogP contribution in [0.1, 0.15) is 84.3 Å². The largest absolute Gasteiger partial charge is 0.495 e. The molecule has 2 amide bonds. The molecule has 2 N–H and O–H groups in total. The number of carboxylic acid groups (broad SMARTS) is 1. The highest BCUT2D eigenvalue weighted by Crippen LogP contribution is 2.46. The van der Waals surface area contributed by atoms with Gasteiger partial charge in [0.2, 0.25) is 11.8 Å². The van der Waals surface area contributed by atoms with E-state index < -0.39 is 35.0 Å². The number of aliphatic carboxylic acids is 1. The number of ether oxygens (including phenoxy) is 2. The van der Waals surface area contributed by atoms with Crippen LogP contribution in [0.15, 0.2) is 35.7 Å². The lowest BCUT2D eigenvalue weighted by Gasteiger charge is -2.33.